The lowest BCUT2D eigenvalue weighted by Gasteiger charge is -2.26. The van der Waals surface area contributed by atoms with Crippen LogP contribution in [0, 0.1) is 6.92 Å². The van der Waals surface area contributed by atoms with Crippen LogP contribution < -0.4 is 9.47 Å². The van der Waals surface area contributed by atoms with Crippen LogP contribution in [-0.4, -0.2) is 54.3 Å². The van der Waals surface area contributed by atoms with Crippen LogP contribution in [0.5, 0.6) is 11.5 Å². The summed E-state index contributed by atoms with van der Waals surface area (Å²) in [6.45, 7) is 3.00. The van der Waals surface area contributed by atoms with Crippen molar-refractivity contribution in [3.8, 4) is 11.5 Å². The number of aromatic nitrogens is 4. The van der Waals surface area contributed by atoms with Gasteiger partial charge in [0.25, 0.3) is 11.7 Å². The molecule has 1 aliphatic heterocycles. The molecule has 1 fully saturated rings. The highest BCUT2D eigenvalue weighted by Gasteiger charge is 2.46. The van der Waals surface area contributed by atoms with E-state index in [1.54, 1.807) is 55.4 Å². The SMILES string of the molecule is COc1cc(C2C(=C(O)c3c(C)nc4ccccn34)C(=O)C(=O)N2CCCn2ccnc2)ccc1OCc1ccccc1. The van der Waals surface area contributed by atoms with Gasteiger partial charge in [0, 0.05) is 31.7 Å². The fraction of sp³-hybridized carbons (Fsp3) is 0.212. The quantitative estimate of drug-likeness (QED) is 0.142. The minimum Gasteiger partial charge on any atom is -0.505 e. The van der Waals surface area contributed by atoms with Crippen LogP contribution in [-0.2, 0) is 22.7 Å². The summed E-state index contributed by atoms with van der Waals surface area (Å²) in [6, 6.07) is 19.7. The Hall–Kier alpha value is -5.38. The van der Waals surface area contributed by atoms with Gasteiger partial charge in [0.2, 0.25) is 0 Å². The van der Waals surface area contributed by atoms with Crippen LogP contribution in [0.3, 0.4) is 0 Å². The number of fused-ring (bicyclic) bond motifs is 1. The monoisotopic (exact) mass is 577 g/mol. The number of amides is 1. The summed E-state index contributed by atoms with van der Waals surface area (Å²) in [5, 5.41) is 11.7. The highest BCUT2D eigenvalue weighted by atomic mass is 16.5. The van der Waals surface area contributed by atoms with Gasteiger partial charge in [-0.3, -0.25) is 14.0 Å². The molecule has 0 aliphatic carbocycles. The third kappa shape index (κ3) is 5.34. The van der Waals surface area contributed by atoms with Crippen molar-refractivity contribution in [1.82, 2.24) is 23.8 Å². The molecular weight excluding hydrogens is 546 g/mol. The second-order valence-corrected chi connectivity index (χ2v) is 10.3. The third-order valence-corrected chi connectivity index (χ3v) is 7.58. The van der Waals surface area contributed by atoms with Crippen molar-refractivity contribution in [2.45, 2.75) is 32.5 Å². The average molecular weight is 578 g/mol. The number of benzene rings is 2. The summed E-state index contributed by atoms with van der Waals surface area (Å²) in [5.41, 5.74) is 3.14. The minimum atomic E-state index is -0.853. The smallest absolute Gasteiger partial charge is 0.295 e. The van der Waals surface area contributed by atoms with E-state index in [0.29, 0.717) is 53.7 Å². The predicted molar refractivity (Wildman–Crippen MR) is 160 cm³/mol. The molecule has 2 aromatic carbocycles. The zero-order valence-corrected chi connectivity index (χ0v) is 23.9. The number of pyridine rings is 1. The highest BCUT2D eigenvalue weighted by molar-refractivity contribution is 6.46. The Morgan fingerprint density at radius 3 is 2.56 bits per heavy atom. The fourth-order valence-electron chi connectivity index (χ4n) is 5.54. The fourth-order valence-corrected chi connectivity index (χ4v) is 5.54. The van der Waals surface area contributed by atoms with Gasteiger partial charge in [-0.2, -0.15) is 0 Å². The predicted octanol–water partition coefficient (Wildman–Crippen LogP) is 4.94. The number of rotatable bonds is 10. The first kappa shape index (κ1) is 27.8. The molecule has 1 N–H and O–H groups in total. The Morgan fingerprint density at radius 1 is 0.977 bits per heavy atom. The minimum absolute atomic E-state index is 0.00129. The number of imidazole rings is 2. The molecule has 1 amide bonds. The standard InChI is InChI=1S/C33H31N5O5/c1-22-29(37-16-7-6-11-27(37)35-22)31(39)28-30(38(33(41)32(28)40)17-8-15-36-18-14-34-21-36)24-12-13-25(26(19-24)42-2)43-20-23-9-4-3-5-10-23/h3-7,9-14,16,18-19,21,30,39H,8,15,17,20H2,1-2H3. The maximum absolute atomic E-state index is 13.6. The van der Waals surface area contributed by atoms with Gasteiger partial charge in [0.1, 0.15) is 17.9 Å². The van der Waals surface area contributed by atoms with E-state index in [0.717, 1.165) is 5.56 Å². The molecule has 218 valence electrons. The summed E-state index contributed by atoms with van der Waals surface area (Å²) in [4.78, 5) is 37.3. The van der Waals surface area contributed by atoms with E-state index in [-0.39, 0.29) is 17.9 Å². The first-order valence-electron chi connectivity index (χ1n) is 14.0. The molecule has 43 heavy (non-hydrogen) atoms. The summed E-state index contributed by atoms with van der Waals surface area (Å²) >= 11 is 0. The van der Waals surface area contributed by atoms with Crippen LogP contribution in [0.25, 0.3) is 11.4 Å². The van der Waals surface area contributed by atoms with Gasteiger partial charge in [0.05, 0.1) is 30.7 Å². The van der Waals surface area contributed by atoms with E-state index in [1.807, 2.05) is 59.3 Å². The lowest BCUT2D eigenvalue weighted by Crippen LogP contribution is -2.31. The molecule has 6 rings (SSSR count). The Labute approximate surface area is 248 Å². The number of likely N-dealkylation sites (tertiary alicyclic amines) is 1. The van der Waals surface area contributed by atoms with Gasteiger partial charge < -0.3 is 24.0 Å². The van der Waals surface area contributed by atoms with Gasteiger partial charge in [-0.15, -0.1) is 0 Å². The van der Waals surface area contributed by atoms with Crippen molar-refractivity contribution in [2.75, 3.05) is 13.7 Å². The van der Waals surface area contributed by atoms with Crippen LogP contribution in [0.15, 0.2) is 97.2 Å². The van der Waals surface area contributed by atoms with Crippen LogP contribution in [0.4, 0.5) is 0 Å². The van der Waals surface area contributed by atoms with Crippen LogP contribution in [0.2, 0.25) is 0 Å². The topological polar surface area (TPSA) is 111 Å². The molecule has 10 nitrogen and oxygen atoms in total. The number of Topliss-reactive ketones (excluding diaryl/α,β-unsaturated/α-hetero) is 1. The molecule has 1 unspecified atom stereocenters. The van der Waals surface area contributed by atoms with E-state index >= 15 is 0 Å². The molecule has 0 saturated carbocycles. The third-order valence-electron chi connectivity index (χ3n) is 7.58. The van der Waals surface area contributed by atoms with Crippen molar-refractivity contribution in [3.05, 3.63) is 120 Å². The normalized spacial score (nSPS) is 16.2. The van der Waals surface area contributed by atoms with Crippen molar-refractivity contribution >= 4 is 23.1 Å². The lowest BCUT2D eigenvalue weighted by atomic mass is 9.95. The molecule has 5 aromatic rings. The molecule has 1 saturated heterocycles. The number of carbonyl (C=O) groups is 2. The van der Waals surface area contributed by atoms with Crippen molar-refractivity contribution in [3.63, 3.8) is 0 Å². The first-order chi connectivity index (χ1) is 21.0. The number of nitrogens with zero attached hydrogens (tertiary/aromatic N) is 5. The van der Waals surface area contributed by atoms with E-state index in [1.165, 1.54) is 4.90 Å². The van der Waals surface area contributed by atoms with Gasteiger partial charge >= 0.3 is 0 Å². The molecule has 10 heteroatoms. The van der Waals surface area contributed by atoms with Crippen molar-refractivity contribution in [1.29, 1.82) is 0 Å². The number of methoxy groups -OCH3 is 1. The molecule has 4 heterocycles. The maximum Gasteiger partial charge on any atom is 0.295 e. The zero-order chi connectivity index (χ0) is 29.9. The van der Waals surface area contributed by atoms with Gasteiger partial charge in [-0.05, 0) is 48.7 Å². The van der Waals surface area contributed by atoms with Crippen LogP contribution in [0.1, 0.15) is 35.0 Å². The highest BCUT2D eigenvalue weighted by Crippen LogP contribution is 2.42. The summed E-state index contributed by atoms with van der Waals surface area (Å²) in [6.07, 6.45) is 7.58. The van der Waals surface area contributed by atoms with Crippen molar-refractivity contribution < 1.29 is 24.2 Å². The number of hydrogen-bond donors (Lipinski definition) is 1. The number of ether oxygens (including phenoxy) is 2. The number of hydrogen-bond acceptors (Lipinski definition) is 7. The van der Waals surface area contributed by atoms with Crippen LogP contribution >= 0.6 is 0 Å². The maximum atomic E-state index is 13.6. The molecule has 0 radical (unpaired) electrons. The van der Waals surface area contributed by atoms with Gasteiger partial charge in [-0.1, -0.05) is 42.5 Å². The molecule has 1 atom stereocenters. The van der Waals surface area contributed by atoms with Gasteiger partial charge in [0.15, 0.2) is 17.3 Å². The molecule has 3 aromatic heterocycles. The Bertz CT molecular complexity index is 1810. The largest absolute Gasteiger partial charge is 0.505 e. The van der Waals surface area contributed by atoms with E-state index in [9.17, 15) is 14.7 Å². The Balaban J connectivity index is 1.41. The Morgan fingerprint density at radius 2 is 1.79 bits per heavy atom. The zero-order valence-electron chi connectivity index (χ0n) is 23.9. The number of carbonyl (C=O) groups excluding carboxylic acids is 2. The molecule has 1 aliphatic rings. The summed E-state index contributed by atoms with van der Waals surface area (Å²) in [7, 11) is 1.54. The lowest BCUT2D eigenvalue weighted by molar-refractivity contribution is -0.139. The molecule has 0 spiro atoms. The summed E-state index contributed by atoms with van der Waals surface area (Å²) in [5.74, 6) is -0.737. The molecule has 0 bridgehead atoms. The number of aryl methyl sites for hydroxylation is 2. The second-order valence-electron chi connectivity index (χ2n) is 10.3. The van der Waals surface area contributed by atoms with E-state index in [4.69, 9.17) is 9.47 Å². The molecular formula is C33H31N5O5. The van der Waals surface area contributed by atoms with E-state index < -0.39 is 17.7 Å². The number of aliphatic hydroxyl groups is 1. The van der Waals surface area contributed by atoms with Gasteiger partial charge in [-0.25, -0.2) is 9.97 Å². The Kier molecular flexibility index (Phi) is 7.65. The van der Waals surface area contributed by atoms with Crippen molar-refractivity contribution in [2.24, 2.45) is 0 Å². The first-order valence-corrected chi connectivity index (χ1v) is 14.0. The number of ketones is 1. The number of aliphatic hydroxyl groups excluding tert-OH is 1. The average Bonchev–Trinajstić information content (AvgIpc) is 3.73. The van der Waals surface area contributed by atoms with E-state index in [2.05, 4.69) is 9.97 Å². The summed E-state index contributed by atoms with van der Waals surface area (Å²) < 4.78 is 15.4. The second kappa shape index (κ2) is 11.8.